The molecule has 0 spiro atoms. The highest BCUT2D eigenvalue weighted by molar-refractivity contribution is 5.66. The molecule has 2 fully saturated rings. The number of benzene rings is 2. The van der Waals surface area contributed by atoms with Gasteiger partial charge in [-0.1, -0.05) is 60.7 Å². The molecule has 2 aliphatic heterocycles. The molecule has 0 aliphatic carbocycles. The number of rotatable bonds is 9. The summed E-state index contributed by atoms with van der Waals surface area (Å²) in [5, 5.41) is 0. The molecule has 2 heterocycles. The molecule has 0 N–H and O–H groups in total. The van der Waals surface area contributed by atoms with Gasteiger partial charge in [0.1, 0.15) is 12.2 Å². The summed E-state index contributed by atoms with van der Waals surface area (Å²) in [5.74, 6) is -1.23. The van der Waals surface area contributed by atoms with E-state index in [4.69, 9.17) is 28.4 Å². The average Bonchev–Trinajstić information content (AvgIpc) is 3.24. The highest BCUT2D eigenvalue weighted by Crippen LogP contribution is 2.40. The van der Waals surface area contributed by atoms with Crippen LogP contribution in [-0.4, -0.2) is 49.1 Å². The van der Waals surface area contributed by atoms with Crippen molar-refractivity contribution < 1.29 is 33.2 Å². The van der Waals surface area contributed by atoms with Gasteiger partial charge in [0.15, 0.2) is 24.3 Å². The second-order valence-corrected chi connectivity index (χ2v) is 8.48. The third-order valence-electron chi connectivity index (χ3n) is 5.40. The Balaban J connectivity index is 1.48. The third kappa shape index (κ3) is 5.74. The van der Waals surface area contributed by atoms with E-state index in [0.717, 1.165) is 11.1 Å². The van der Waals surface area contributed by atoms with E-state index in [1.165, 1.54) is 6.92 Å². The molecule has 0 radical (unpaired) electrons. The molecule has 4 rings (SSSR count). The molecule has 0 amide bonds. The number of ether oxygens (including phenoxy) is 6. The van der Waals surface area contributed by atoms with Crippen molar-refractivity contribution in [2.45, 2.75) is 70.5 Å². The summed E-state index contributed by atoms with van der Waals surface area (Å²) < 4.78 is 35.8. The van der Waals surface area contributed by atoms with Crippen LogP contribution in [0.2, 0.25) is 0 Å². The third-order valence-corrected chi connectivity index (χ3v) is 5.40. The molecule has 0 aromatic heterocycles. The van der Waals surface area contributed by atoms with Crippen molar-refractivity contribution in [1.29, 1.82) is 0 Å². The van der Waals surface area contributed by atoms with Gasteiger partial charge in [-0.3, -0.25) is 4.79 Å². The fourth-order valence-corrected chi connectivity index (χ4v) is 4.01. The largest absolute Gasteiger partial charge is 0.457 e. The molecule has 0 saturated carbocycles. The predicted molar refractivity (Wildman–Crippen MR) is 115 cm³/mol. The van der Waals surface area contributed by atoms with E-state index < -0.39 is 42.5 Å². The van der Waals surface area contributed by atoms with Gasteiger partial charge in [0.05, 0.1) is 19.8 Å². The summed E-state index contributed by atoms with van der Waals surface area (Å²) in [7, 11) is 0. The maximum absolute atomic E-state index is 11.8. The van der Waals surface area contributed by atoms with Gasteiger partial charge < -0.3 is 28.4 Å². The highest BCUT2D eigenvalue weighted by Gasteiger charge is 2.58. The molecule has 2 aromatic carbocycles. The molecule has 172 valence electrons. The molecule has 0 unspecified atom stereocenters. The van der Waals surface area contributed by atoms with Gasteiger partial charge in [-0.05, 0) is 25.0 Å². The molecule has 32 heavy (non-hydrogen) atoms. The fraction of sp³-hybridized carbons (Fsp3) is 0.480. The second-order valence-electron chi connectivity index (χ2n) is 8.48. The quantitative estimate of drug-likeness (QED) is 0.550. The lowest BCUT2D eigenvalue weighted by Gasteiger charge is -2.30. The highest BCUT2D eigenvalue weighted by atomic mass is 16.8. The van der Waals surface area contributed by atoms with Gasteiger partial charge in [-0.15, -0.1) is 0 Å². The second kappa shape index (κ2) is 10.1. The first-order chi connectivity index (χ1) is 15.4. The van der Waals surface area contributed by atoms with Crippen LogP contribution in [0.5, 0.6) is 0 Å². The first-order valence-corrected chi connectivity index (χ1v) is 10.9. The Morgan fingerprint density at radius 3 is 2.22 bits per heavy atom. The smallest absolute Gasteiger partial charge is 0.303 e. The first-order valence-electron chi connectivity index (χ1n) is 10.9. The predicted octanol–water partition coefficient (Wildman–Crippen LogP) is 3.60. The number of carbonyl (C=O) groups excluding carboxylic acids is 1. The van der Waals surface area contributed by atoms with Crippen LogP contribution in [0.1, 0.15) is 31.9 Å². The van der Waals surface area contributed by atoms with Crippen molar-refractivity contribution >= 4 is 5.97 Å². The number of hydrogen-bond acceptors (Lipinski definition) is 7. The van der Waals surface area contributed by atoms with E-state index in [0.29, 0.717) is 13.2 Å². The van der Waals surface area contributed by atoms with Crippen LogP contribution in [-0.2, 0) is 46.4 Å². The van der Waals surface area contributed by atoms with Gasteiger partial charge in [0.2, 0.25) is 0 Å². The van der Waals surface area contributed by atoms with Crippen LogP contribution in [0, 0.1) is 0 Å². The van der Waals surface area contributed by atoms with Gasteiger partial charge in [-0.25, -0.2) is 0 Å². The summed E-state index contributed by atoms with van der Waals surface area (Å²) in [4.78, 5) is 11.8. The number of carbonyl (C=O) groups is 1. The van der Waals surface area contributed by atoms with Crippen LogP contribution >= 0.6 is 0 Å². The number of esters is 1. The van der Waals surface area contributed by atoms with Gasteiger partial charge in [0.25, 0.3) is 0 Å². The maximum Gasteiger partial charge on any atom is 0.303 e. The van der Waals surface area contributed by atoms with E-state index in [2.05, 4.69) is 0 Å². The average molecular weight is 443 g/mol. The van der Waals surface area contributed by atoms with Crippen molar-refractivity contribution in [2.24, 2.45) is 0 Å². The van der Waals surface area contributed by atoms with E-state index in [1.807, 2.05) is 60.7 Å². The first kappa shape index (κ1) is 22.9. The Morgan fingerprint density at radius 1 is 0.969 bits per heavy atom. The molecule has 2 aromatic rings. The Labute approximate surface area is 188 Å². The normalized spacial score (nSPS) is 27.1. The Bertz CT molecular complexity index is 870. The molecule has 7 heteroatoms. The van der Waals surface area contributed by atoms with E-state index in [9.17, 15) is 4.79 Å². The van der Waals surface area contributed by atoms with Crippen LogP contribution in [0.25, 0.3) is 0 Å². The molecular formula is C25H30O7. The van der Waals surface area contributed by atoms with E-state index in [-0.39, 0.29) is 6.61 Å². The summed E-state index contributed by atoms with van der Waals surface area (Å²) in [6, 6.07) is 19.8. The molecular weight excluding hydrogens is 412 g/mol. The Morgan fingerprint density at radius 2 is 1.59 bits per heavy atom. The topological polar surface area (TPSA) is 72.5 Å². The summed E-state index contributed by atoms with van der Waals surface area (Å²) >= 11 is 0. The molecule has 5 atom stereocenters. The minimum Gasteiger partial charge on any atom is -0.457 e. The van der Waals surface area contributed by atoms with Crippen molar-refractivity contribution in [3.8, 4) is 0 Å². The maximum atomic E-state index is 11.8. The summed E-state index contributed by atoms with van der Waals surface area (Å²) in [6.45, 7) is 6.05. The van der Waals surface area contributed by atoms with Crippen LogP contribution in [0.3, 0.4) is 0 Å². The number of hydrogen-bond donors (Lipinski definition) is 0. The lowest BCUT2D eigenvalue weighted by molar-refractivity contribution is -0.236. The fourth-order valence-electron chi connectivity index (χ4n) is 4.01. The van der Waals surface area contributed by atoms with Gasteiger partial charge >= 0.3 is 5.97 Å². The summed E-state index contributed by atoms with van der Waals surface area (Å²) in [6.07, 6.45) is -2.93. The Kier molecular flexibility index (Phi) is 7.23. The van der Waals surface area contributed by atoms with Crippen LogP contribution < -0.4 is 0 Å². The molecule has 2 aliphatic rings. The van der Waals surface area contributed by atoms with Crippen LogP contribution in [0.4, 0.5) is 0 Å². The van der Waals surface area contributed by atoms with Gasteiger partial charge in [-0.2, -0.15) is 0 Å². The zero-order valence-electron chi connectivity index (χ0n) is 18.6. The number of fused-ring (bicyclic) bond motifs is 1. The minimum absolute atomic E-state index is 0.257. The monoisotopic (exact) mass is 442 g/mol. The molecule has 0 bridgehead atoms. The lowest BCUT2D eigenvalue weighted by atomic mass is 10.1. The standard InChI is InChI=1S/C25H30O7/c1-17(26)29-22-21(30-24-23(22)31-25(2,3)32-24)20(28-15-19-12-8-5-9-13-19)16-27-14-18-10-6-4-7-11-18/h4-13,20-24H,14-16H2,1-3H3/t20-,21-,22+,23-,24-/m1/s1. The zero-order valence-corrected chi connectivity index (χ0v) is 18.6. The van der Waals surface area contributed by atoms with Crippen molar-refractivity contribution in [2.75, 3.05) is 6.61 Å². The minimum atomic E-state index is -0.817. The van der Waals surface area contributed by atoms with Crippen molar-refractivity contribution in [3.63, 3.8) is 0 Å². The van der Waals surface area contributed by atoms with Crippen LogP contribution in [0.15, 0.2) is 60.7 Å². The summed E-state index contributed by atoms with van der Waals surface area (Å²) in [5.41, 5.74) is 2.08. The van der Waals surface area contributed by atoms with E-state index >= 15 is 0 Å². The molecule has 2 saturated heterocycles. The zero-order chi connectivity index (χ0) is 22.6. The SMILES string of the molecule is CC(=O)O[C@@H]1[C@H]2OC(C)(C)O[C@H]2O[C@@H]1[C@@H](COCc1ccccc1)OCc1ccccc1. The Hall–Kier alpha value is -2.29. The molecule has 7 nitrogen and oxygen atoms in total. The van der Waals surface area contributed by atoms with E-state index in [1.54, 1.807) is 13.8 Å². The lowest BCUT2D eigenvalue weighted by Crippen LogP contribution is -2.46. The van der Waals surface area contributed by atoms with Crippen molar-refractivity contribution in [3.05, 3.63) is 71.8 Å². The van der Waals surface area contributed by atoms with Gasteiger partial charge in [0, 0.05) is 6.92 Å². The van der Waals surface area contributed by atoms with Crippen molar-refractivity contribution in [1.82, 2.24) is 0 Å².